The van der Waals surface area contributed by atoms with Crippen LogP contribution in [-0.4, -0.2) is 17.1 Å². The van der Waals surface area contributed by atoms with Crippen molar-refractivity contribution in [2.45, 2.75) is 51.0 Å². The first-order valence-corrected chi connectivity index (χ1v) is 7.83. The van der Waals surface area contributed by atoms with E-state index in [1.165, 1.54) is 32.1 Å². The lowest BCUT2D eigenvalue weighted by Gasteiger charge is -2.22. The molecule has 1 aliphatic carbocycles. The van der Waals surface area contributed by atoms with Crippen molar-refractivity contribution >= 4 is 23.2 Å². The predicted molar refractivity (Wildman–Crippen MR) is 85.7 cm³/mol. The van der Waals surface area contributed by atoms with Crippen molar-refractivity contribution in [1.82, 2.24) is 10.6 Å². The van der Waals surface area contributed by atoms with E-state index in [0.29, 0.717) is 16.7 Å². The molecule has 0 atom stereocenters. The Morgan fingerprint density at radius 3 is 2.25 bits per heavy atom. The molecule has 3 nitrogen and oxygen atoms in total. The molecule has 0 spiro atoms. The molecule has 2 rings (SSSR count). The maximum Gasteiger partial charge on any atom is 0.257 e. The van der Waals surface area contributed by atoms with Gasteiger partial charge in [0.2, 0.25) is 0 Å². The third-order valence-electron chi connectivity index (χ3n) is 3.70. The third-order valence-corrected chi connectivity index (χ3v) is 3.92. The highest BCUT2D eigenvalue weighted by Crippen LogP contribution is 2.16. The summed E-state index contributed by atoms with van der Waals surface area (Å²) < 4.78 is 0. The number of benzene rings is 1. The lowest BCUT2D eigenvalue weighted by atomic mass is 9.97. The van der Waals surface area contributed by atoms with Crippen LogP contribution in [0.5, 0.6) is 0 Å². The zero-order valence-electron chi connectivity index (χ0n) is 11.7. The molecular formula is C16H22N2OS. The number of thiocarbonyl (C=S) groups is 1. The number of amides is 1. The number of carbonyl (C=O) groups excluding carboxylic acids is 1. The molecule has 1 aliphatic rings. The minimum atomic E-state index is -0.144. The number of nitrogens with one attached hydrogen (secondary N) is 2. The van der Waals surface area contributed by atoms with Crippen molar-refractivity contribution < 1.29 is 4.79 Å². The monoisotopic (exact) mass is 290 g/mol. The molecule has 0 bridgehead atoms. The van der Waals surface area contributed by atoms with Gasteiger partial charge in [0.25, 0.3) is 5.91 Å². The van der Waals surface area contributed by atoms with E-state index in [-0.39, 0.29) is 5.91 Å². The van der Waals surface area contributed by atoms with Crippen LogP contribution in [0.2, 0.25) is 0 Å². The first-order chi connectivity index (χ1) is 9.75. The summed E-state index contributed by atoms with van der Waals surface area (Å²) in [6.07, 6.45) is 8.73. The fraction of sp³-hybridized carbons (Fsp3) is 0.500. The SMILES string of the molecule is O=C(NC(=S)NC1CCCCCCC1)c1ccccc1. The quantitative estimate of drug-likeness (QED) is 0.820. The van der Waals surface area contributed by atoms with Gasteiger partial charge in [-0.25, -0.2) is 0 Å². The van der Waals surface area contributed by atoms with Gasteiger partial charge in [-0.1, -0.05) is 50.3 Å². The summed E-state index contributed by atoms with van der Waals surface area (Å²) in [6, 6.07) is 9.56. The summed E-state index contributed by atoms with van der Waals surface area (Å²) in [7, 11) is 0. The van der Waals surface area contributed by atoms with Gasteiger partial charge < -0.3 is 5.32 Å². The van der Waals surface area contributed by atoms with E-state index >= 15 is 0 Å². The van der Waals surface area contributed by atoms with E-state index < -0.39 is 0 Å². The van der Waals surface area contributed by atoms with E-state index in [1.807, 2.05) is 18.2 Å². The second kappa shape index (κ2) is 8.00. The van der Waals surface area contributed by atoms with E-state index in [1.54, 1.807) is 12.1 Å². The standard InChI is InChI=1S/C16H22N2OS/c19-15(13-9-5-4-6-10-13)18-16(20)17-14-11-7-2-1-3-8-12-14/h4-6,9-10,14H,1-3,7-8,11-12H2,(H2,17,18,19,20). The molecule has 1 aromatic carbocycles. The molecule has 1 amide bonds. The normalized spacial score (nSPS) is 16.8. The highest BCUT2D eigenvalue weighted by atomic mass is 32.1. The van der Waals surface area contributed by atoms with Gasteiger partial charge in [-0.05, 0) is 37.2 Å². The van der Waals surface area contributed by atoms with Crippen LogP contribution in [0.25, 0.3) is 0 Å². The fourth-order valence-corrected chi connectivity index (χ4v) is 2.85. The molecule has 1 fully saturated rings. The van der Waals surface area contributed by atoms with Crippen molar-refractivity contribution in [1.29, 1.82) is 0 Å². The van der Waals surface area contributed by atoms with Crippen molar-refractivity contribution in [2.24, 2.45) is 0 Å². The van der Waals surface area contributed by atoms with Crippen LogP contribution in [0.4, 0.5) is 0 Å². The molecule has 4 heteroatoms. The lowest BCUT2D eigenvalue weighted by molar-refractivity contribution is 0.0976. The molecule has 2 N–H and O–H groups in total. The van der Waals surface area contributed by atoms with Gasteiger partial charge in [0.15, 0.2) is 5.11 Å². The highest BCUT2D eigenvalue weighted by molar-refractivity contribution is 7.80. The molecule has 0 aromatic heterocycles. The molecular weight excluding hydrogens is 268 g/mol. The number of hydrogen-bond acceptors (Lipinski definition) is 2. The van der Waals surface area contributed by atoms with Crippen LogP contribution in [0.15, 0.2) is 30.3 Å². The summed E-state index contributed by atoms with van der Waals surface area (Å²) in [5.74, 6) is -0.144. The maximum atomic E-state index is 12.0. The van der Waals surface area contributed by atoms with E-state index in [0.717, 1.165) is 12.8 Å². The summed E-state index contributed by atoms with van der Waals surface area (Å²) in [5.41, 5.74) is 0.634. The van der Waals surface area contributed by atoms with Crippen LogP contribution in [0, 0.1) is 0 Å². The summed E-state index contributed by atoms with van der Waals surface area (Å²) in [6.45, 7) is 0. The molecule has 0 unspecified atom stereocenters. The van der Waals surface area contributed by atoms with Crippen molar-refractivity contribution in [3.8, 4) is 0 Å². The number of hydrogen-bond donors (Lipinski definition) is 2. The average molecular weight is 290 g/mol. The Morgan fingerprint density at radius 2 is 1.60 bits per heavy atom. The highest BCUT2D eigenvalue weighted by Gasteiger charge is 2.14. The topological polar surface area (TPSA) is 41.1 Å². The molecule has 0 aliphatic heterocycles. The number of carbonyl (C=O) groups is 1. The minimum absolute atomic E-state index is 0.144. The Labute approximate surface area is 126 Å². The van der Waals surface area contributed by atoms with E-state index in [2.05, 4.69) is 10.6 Å². The van der Waals surface area contributed by atoms with Gasteiger partial charge in [-0.3, -0.25) is 10.1 Å². The van der Waals surface area contributed by atoms with Crippen LogP contribution >= 0.6 is 12.2 Å². The smallest absolute Gasteiger partial charge is 0.257 e. The first-order valence-electron chi connectivity index (χ1n) is 7.42. The molecule has 20 heavy (non-hydrogen) atoms. The van der Waals surface area contributed by atoms with Crippen molar-refractivity contribution in [2.75, 3.05) is 0 Å². The Morgan fingerprint density at radius 1 is 1.00 bits per heavy atom. The van der Waals surface area contributed by atoms with Crippen LogP contribution in [0.1, 0.15) is 55.3 Å². The Kier molecular flexibility index (Phi) is 5.99. The summed E-state index contributed by atoms with van der Waals surface area (Å²) in [4.78, 5) is 12.0. The largest absolute Gasteiger partial charge is 0.360 e. The van der Waals surface area contributed by atoms with Gasteiger partial charge >= 0.3 is 0 Å². The summed E-state index contributed by atoms with van der Waals surface area (Å²) >= 11 is 5.25. The average Bonchev–Trinajstić information content (AvgIpc) is 2.42. The van der Waals surface area contributed by atoms with E-state index in [9.17, 15) is 4.79 Å². The molecule has 1 aromatic rings. The van der Waals surface area contributed by atoms with Crippen molar-refractivity contribution in [3.63, 3.8) is 0 Å². The zero-order valence-corrected chi connectivity index (χ0v) is 12.5. The van der Waals surface area contributed by atoms with Crippen LogP contribution in [0.3, 0.4) is 0 Å². The maximum absolute atomic E-state index is 12.0. The van der Waals surface area contributed by atoms with E-state index in [4.69, 9.17) is 12.2 Å². The Balaban J connectivity index is 1.81. The van der Waals surface area contributed by atoms with Gasteiger partial charge in [0, 0.05) is 11.6 Å². The minimum Gasteiger partial charge on any atom is -0.360 e. The predicted octanol–water partition coefficient (Wildman–Crippen LogP) is 3.40. The van der Waals surface area contributed by atoms with Gasteiger partial charge in [0.05, 0.1) is 0 Å². The zero-order chi connectivity index (χ0) is 14.2. The van der Waals surface area contributed by atoms with Crippen molar-refractivity contribution in [3.05, 3.63) is 35.9 Å². The first kappa shape index (κ1) is 15.0. The molecule has 108 valence electrons. The van der Waals surface area contributed by atoms with Crippen LogP contribution < -0.4 is 10.6 Å². The molecule has 0 saturated heterocycles. The third kappa shape index (κ3) is 4.93. The lowest BCUT2D eigenvalue weighted by Crippen LogP contribution is -2.44. The Bertz CT molecular complexity index is 439. The molecule has 0 radical (unpaired) electrons. The molecule has 1 saturated carbocycles. The van der Waals surface area contributed by atoms with Gasteiger partial charge in [-0.15, -0.1) is 0 Å². The fourth-order valence-electron chi connectivity index (χ4n) is 2.59. The van der Waals surface area contributed by atoms with Crippen LogP contribution in [-0.2, 0) is 0 Å². The Hall–Kier alpha value is -1.42. The second-order valence-corrected chi connectivity index (χ2v) is 5.74. The summed E-state index contributed by atoms with van der Waals surface area (Å²) in [5, 5.41) is 6.50. The molecule has 0 heterocycles. The van der Waals surface area contributed by atoms with Gasteiger partial charge in [-0.2, -0.15) is 0 Å². The second-order valence-electron chi connectivity index (χ2n) is 5.34. The number of rotatable bonds is 2. The van der Waals surface area contributed by atoms with Gasteiger partial charge in [0.1, 0.15) is 0 Å².